The van der Waals surface area contributed by atoms with Gasteiger partial charge in [0.25, 0.3) is 0 Å². The van der Waals surface area contributed by atoms with Crippen molar-refractivity contribution in [2.24, 2.45) is 11.7 Å². The van der Waals surface area contributed by atoms with Crippen LogP contribution in [-0.4, -0.2) is 18.0 Å². The molecule has 0 saturated heterocycles. The smallest absolute Gasteiger partial charge is 0.237 e. The zero-order valence-corrected chi connectivity index (χ0v) is 8.42. The molecule has 0 aliphatic carbocycles. The van der Waals surface area contributed by atoms with Gasteiger partial charge in [-0.2, -0.15) is 0 Å². The van der Waals surface area contributed by atoms with Gasteiger partial charge in [0.2, 0.25) is 5.91 Å². The second-order valence-electron chi connectivity index (χ2n) is 3.90. The van der Waals surface area contributed by atoms with Crippen molar-refractivity contribution in [1.82, 2.24) is 5.32 Å². The zero-order chi connectivity index (χ0) is 9.72. The van der Waals surface area contributed by atoms with E-state index < -0.39 is 0 Å². The predicted octanol–water partition coefficient (Wildman–Crippen LogP) is 0.884. The fourth-order valence-corrected chi connectivity index (χ4v) is 1.01. The summed E-state index contributed by atoms with van der Waals surface area (Å²) in [7, 11) is 0. The van der Waals surface area contributed by atoms with Gasteiger partial charge >= 0.3 is 0 Å². The Labute approximate surface area is 74.7 Å². The quantitative estimate of drug-likeness (QED) is 0.661. The number of carbonyl (C=O) groups is 1. The molecule has 0 aromatic carbocycles. The summed E-state index contributed by atoms with van der Waals surface area (Å²) in [4.78, 5) is 11.3. The van der Waals surface area contributed by atoms with E-state index in [9.17, 15) is 4.79 Å². The normalized spacial score (nSPS) is 13.6. The van der Waals surface area contributed by atoms with Gasteiger partial charge in [-0.1, -0.05) is 13.8 Å². The first-order valence-electron chi connectivity index (χ1n) is 4.49. The third-order valence-electron chi connectivity index (χ3n) is 1.49. The molecule has 3 heteroatoms. The molecule has 0 saturated carbocycles. The van der Waals surface area contributed by atoms with E-state index in [1.165, 1.54) is 0 Å². The van der Waals surface area contributed by atoms with Crippen molar-refractivity contribution in [2.45, 2.75) is 46.2 Å². The van der Waals surface area contributed by atoms with Crippen molar-refractivity contribution in [3.8, 4) is 0 Å². The van der Waals surface area contributed by atoms with E-state index >= 15 is 0 Å². The van der Waals surface area contributed by atoms with E-state index in [1.54, 1.807) is 0 Å². The van der Waals surface area contributed by atoms with Crippen molar-refractivity contribution in [3.05, 3.63) is 0 Å². The Kier molecular flexibility index (Phi) is 4.90. The van der Waals surface area contributed by atoms with Crippen LogP contribution in [0.4, 0.5) is 0 Å². The first-order valence-corrected chi connectivity index (χ1v) is 4.49. The summed E-state index contributed by atoms with van der Waals surface area (Å²) < 4.78 is 0. The standard InChI is InChI=1S/C9H20N2O/c1-6(2)5-8(10)9(12)11-7(3)4/h6-8H,5,10H2,1-4H3,(H,11,12)/t8-/m0/s1. The Bertz CT molecular complexity index is 143. The Hall–Kier alpha value is -0.570. The van der Waals surface area contributed by atoms with Gasteiger partial charge < -0.3 is 11.1 Å². The summed E-state index contributed by atoms with van der Waals surface area (Å²) >= 11 is 0. The minimum Gasteiger partial charge on any atom is -0.353 e. The van der Waals surface area contributed by atoms with Crippen molar-refractivity contribution >= 4 is 5.91 Å². The van der Waals surface area contributed by atoms with Crippen molar-refractivity contribution in [1.29, 1.82) is 0 Å². The number of hydrogen-bond acceptors (Lipinski definition) is 2. The molecule has 0 rings (SSSR count). The lowest BCUT2D eigenvalue weighted by atomic mass is 10.0. The first-order chi connectivity index (χ1) is 5.43. The molecular formula is C9H20N2O. The zero-order valence-electron chi connectivity index (χ0n) is 8.42. The molecule has 12 heavy (non-hydrogen) atoms. The average Bonchev–Trinajstić information content (AvgIpc) is 1.84. The number of carbonyl (C=O) groups excluding carboxylic acids is 1. The van der Waals surface area contributed by atoms with Crippen LogP contribution < -0.4 is 11.1 Å². The maximum atomic E-state index is 11.3. The molecule has 0 fully saturated rings. The highest BCUT2D eigenvalue weighted by Crippen LogP contribution is 2.02. The number of amides is 1. The number of nitrogens with two attached hydrogens (primary N) is 1. The molecule has 0 aliphatic heterocycles. The molecule has 0 heterocycles. The van der Waals surface area contributed by atoms with Gasteiger partial charge in [-0.25, -0.2) is 0 Å². The third kappa shape index (κ3) is 5.13. The summed E-state index contributed by atoms with van der Waals surface area (Å²) in [6.07, 6.45) is 0.749. The minimum absolute atomic E-state index is 0.0429. The second-order valence-corrected chi connectivity index (χ2v) is 3.90. The van der Waals surface area contributed by atoms with Crippen LogP contribution in [-0.2, 0) is 4.79 Å². The molecule has 0 unspecified atom stereocenters. The molecule has 0 radical (unpaired) electrons. The third-order valence-corrected chi connectivity index (χ3v) is 1.49. The molecule has 0 aromatic heterocycles. The van der Waals surface area contributed by atoms with Crippen LogP contribution in [0.1, 0.15) is 34.1 Å². The summed E-state index contributed by atoms with van der Waals surface area (Å²) in [5.41, 5.74) is 5.65. The molecule has 0 spiro atoms. The molecule has 0 aromatic rings. The average molecular weight is 172 g/mol. The first kappa shape index (κ1) is 11.4. The molecule has 0 bridgehead atoms. The van der Waals surface area contributed by atoms with Crippen LogP contribution in [0.15, 0.2) is 0 Å². The van der Waals surface area contributed by atoms with E-state index in [1.807, 2.05) is 13.8 Å². The molecule has 0 aliphatic rings. The van der Waals surface area contributed by atoms with Gasteiger partial charge in [0.15, 0.2) is 0 Å². The molecule has 3 N–H and O–H groups in total. The topological polar surface area (TPSA) is 55.1 Å². The van der Waals surface area contributed by atoms with Crippen LogP contribution in [0, 0.1) is 5.92 Å². The fourth-order valence-electron chi connectivity index (χ4n) is 1.01. The van der Waals surface area contributed by atoms with Crippen LogP contribution in [0.5, 0.6) is 0 Å². The van der Waals surface area contributed by atoms with Crippen LogP contribution in [0.25, 0.3) is 0 Å². The minimum atomic E-state index is -0.354. The summed E-state index contributed by atoms with van der Waals surface area (Å²) in [5, 5.41) is 2.78. The van der Waals surface area contributed by atoms with Crippen molar-refractivity contribution < 1.29 is 4.79 Å². The van der Waals surface area contributed by atoms with Gasteiger partial charge in [-0.05, 0) is 26.2 Å². The van der Waals surface area contributed by atoms with Crippen LogP contribution in [0.3, 0.4) is 0 Å². The molecular weight excluding hydrogens is 152 g/mol. The number of nitrogens with one attached hydrogen (secondary N) is 1. The largest absolute Gasteiger partial charge is 0.353 e. The highest BCUT2D eigenvalue weighted by atomic mass is 16.2. The van der Waals surface area contributed by atoms with E-state index in [0.29, 0.717) is 5.92 Å². The molecule has 1 atom stereocenters. The van der Waals surface area contributed by atoms with Gasteiger partial charge in [0.05, 0.1) is 6.04 Å². The predicted molar refractivity (Wildman–Crippen MR) is 50.7 cm³/mol. The maximum Gasteiger partial charge on any atom is 0.237 e. The van der Waals surface area contributed by atoms with Gasteiger partial charge in [0, 0.05) is 6.04 Å². The number of hydrogen-bond donors (Lipinski definition) is 2. The fraction of sp³-hybridized carbons (Fsp3) is 0.889. The van der Waals surface area contributed by atoms with E-state index in [0.717, 1.165) is 6.42 Å². The highest BCUT2D eigenvalue weighted by molar-refractivity contribution is 5.81. The van der Waals surface area contributed by atoms with Gasteiger partial charge in [-0.3, -0.25) is 4.79 Å². The lowest BCUT2D eigenvalue weighted by molar-refractivity contribution is -0.123. The summed E-state index contributed by atoms with van der Waals surface area (Å²) in [6, 6.07) is -0.178. The molecule has 1 amide bonds. The van der Waals surface area contributed by atoms with Crippen molar-refractivity contribution in [2.75, 3.05) is 0 Å². The Morgan fingerprint density at radius 2 is 1.83 bits per heavy atom. The monoisotopic (exact) mass is 172 g/mol. The summed E-state index contributed by atoms with van der Waals surface area (Å²) in [5.74, 6) is 0.427. The SMILES string of the molecule is CC(C)C[C@H](N)C(=O)NC(C)C. The van der Waals surface area contributed by atoms with E-state index in [2.05, 4.69) is 19.2 Å². The van der Waals surface area contributed by atoms with Gasteiger partial charge in [-0.15, -0.1) is 0 Å². The second kappa shape index (κ2) is 5.14. The van der Waals surface area contributed by atoms with Gasteiger partial charge in [0.1, 0.15) is 0 Å². The lowest BCUT2D eigenvalue weighted by Gasteiger charge is -2.15. The van der Waals surface area contributed by atoms with Crippen LogP contribution >= 0.6 is 0 Å². The molecule has 3 nitrogen and oxygen atoms in total. The summed E-state index contributed by atoms with van der Waals surface area (Å²) in [6.45, 7) is 7.98. The Balaban J connectivity index is 3.77. The van der Waals surface area contributed by atoms with Crippen LogP contribution in [0.2, 0.25) is 0 Å². The van der Waals surface area contributed by atoms with E-state index in [-0.39, 0.29) is 18.0 Å². The molecule has 72 valence electrons. The number of rotatable bonds is 4. The highest BCUT2D eigenvalue weighted by Gasteiger charge is 2.14. The maximum absolute atomic E-state index is 11.3. The Morgan fingerprint density at radius 3 is 2.17 bits per heavy atom. The van der Waals surface area contributed by atoms with Crippen molar-refractivity contribution in [3.63, 3.8) is 0 Å². The lowest BCUT2D eigenvalue weighted by Crippen LogP contribution is -2.44. The Morgan fingerprint density at radius 1 is 1.33 bits per heavy atom. The van der Waals surface area contributed by atoms with E-state index in [4.69, 9.17) is 5.73 Å².